The van der Waals surface area contributed by atoms with Crippen LogP contribution in [0.4, 0.5) is 5.82 Å². The van der Waals surface area contributed by atoms with E-state index in [1.165, 1.54) is 5.56 Å². The van der Waals surface area contributed by atoms with Crippen LogP contribution in [0.15, 0.2) is 66.9 Å². The predicted octanol–water partition coefficient (Wildman–Crippen LogP) is 5.67. The van der Waals surface area contributed by atoms with Gasteiger partial charge >= 0.3 is 0 Å². The number of likely N-dealkylation sites (tertiary alicyclic amines) is 1. The van der Waals surface area contributed by atoms with E-state index in [0.717, 1.165) is 80.2 Å². The topological polar surface area (TPSA) is 91.5 Å². The van der Waals surface area contributed by atoms with Gasteiger partial charge in [0.2, 0.25) is 5.91 Å². The Morgan fingerprint density at radius 1 is 0.974 bits per heavy atom. The van der Waals surface area contributed by atoms with Crippen molar-refractivity contribution in [1.29, 1.82) is 0 Å². The van der Waals surface area contributed by atoms with Crippen molar-refractivity contribution in [2.45, 2.75) is 75.6 Å². The number of nitrogens with zero attached hydrogens (tertiary/aromatic N) is 2. The maximum Gasteiger partial charge on any atom is 0.225 e. The Balaban J connectivity index is 1.14. The van der Waals surface area contributed by atoms with Gasteiger partial charge in [-0.05, 0) is 85.6 Å². The highest BCUT2D eigenvalue weighted by atomic mass is 16.3. The summed E-state index contributed by atoms with van der Waals surface area (Å²) in [4.78, 5) is 19.9. The molecular formula is C32H38N4O2. The molecule has 0 spiro atoms. The molecule has 1 unspecified atom stereocenters. The molecule has 2 heterocycles. The van der Waals surface area contributed by atoms with Gasteiger partial charge in [-0.25, -0.2) is 4.98 Å². The number of hydrogen-bond donors (Lipinski definition) is 3. The fourth-order valence-electron chi connectivity index (χ4n) is 6.35. The first-order valence-corrected chi connectivity index (χ1v) is 14.2. The number of benzene rings is 2. The van der Waals surface area contributed by atoms with Crippen molar-refractivity contribution in [3.05, 3.63) is 72.4 Å². The summed E-state index contributed by atoms with van der Waals surface area (Å²) in [6.45, 7) is 1.00. The van der Waals surface area contributed by atoms with Crippen LogP contribution in [-0.2, 0) is 10.3 Å². The molecule has 4 N–H and O–H groups in total. The number of nitrogens with one attached hydrogen (secondary N) is 1. The second kappa shape index (κ2) is 10.6. The maximum atomic E-state index is 13.0. The number of aromatic nitrogens is 1. The molecule has 3 aliphatic rings. The minimum atomic E-state index is -0.277. The summed E-state index contributed by atoms with van der Waals surface area (Å²) in [5.74, 6) is 0.993. The van der Waals surface area contributed by atoms with Crippen LogP contribution in [0, 0.1) is 5.92 Å². The van der Waals surface area contributed by atoms with Crippen molar-refractivity contribution in [3.63, 3.8) is 0 Å². The number of aliphatic hydroxyl groups excluding tert-OH is 1. The first-order valence-electron chi connectivity index (χ1n) is 14.2. The zero-order chi connectivity index (χ0) is 26.1. The van der Waals surface area contributed by atoms with Crippen molar-refractivity contribution in [2.24, 2.45) is 11.7 Å². The summed E-state index contributed by atoms with van der Waals surface area (Å²) in [7, 11) is 0. The van der Waals surface area contributed by atoms with Gasteiger partial charge in [0, 0.05) is 36.3 Å². The summed E-state index contributed by atoms with van der Waals surface area (Å²) in [6.07, 6.45) is 10.3. The lowest BCUT2D eigenvalue weighted by atomic mass is 9.83. The van der Waals surface area contributed by atoms with Gasteiger partial charge in [-0.3, -0.25) is 9.69 Å². The van der Waals surface area contributed by atoms with E-state index in [0.29, 0.717) is 24.2 Å². The molecule has 1 atom stereocenters. The third kappa shape index (κ3) is 5.39. The van der Waals surface area contributed by atoms with Crippen LogP contribution in [0.2, 0.25) is 0 Å². The van der Waals surface area contributed by atoms with Crippen LogP contribution in [-0.4, -0.2) is 39.7 Å². The van der Waals surface area contributed by atoms with E-state index in [-0.39, 0.29) is 17.7 Å². The average molecular weight is 511 g/mol. The Labute approximate surface area is 225 Å². The van der Waals surface area contributed by atoms with Crippen molar-refractivity contribution in [3.8, 4) is 22.3 Å². The van der Waals surface area contributed by atoms with Crippen molar-refractivity contribution >= 4 is 11.7 Å². The lowest BCUT2D eigenvalue weighted by molar-refractivity contribution is -0.117. The average Bonchev–Trinajstić information content (AvgIpc) is 3.56. The predicted molar refractivity (Wildman–Crippen MR) is 151 cm³/mol. The molecule has 1 aliphatic heterocycles. The number of carbonyl (C=O) groups excluding carboxylic acids is 1. The molecule has 2 saturated carbocycles. The minimum absolute atomic E-state index is 0.0240. The standard InChI is InChI=1S/C32H38N4O2/c33-32(16-17-32)25-12-10-24(11-13-25)28-21-34-29(20-27(28)23-5-2-1-3-6-23)35-30(37)19-22-8-14-26(15-9-22)36-18-4-7-31(36)38/h1-3,5-6,10-13,20-22,26,31,38H,4,7-9,14-19,33H2,(H,34,35,37). The lowest BCUT2D eigenvalue weighted by Crippen LogP contribution is -2.41. The SMILES string of the molecule is NC1(c2ccc(-c3cnc(NC(=O)CC4CCC(N5CCCC5O)CC4)cc3-c3ccccc3)cc2)CC1. The number of aliphatic hydroxyl groups is 1. The van der Waals surface area contributed by atoms with Gasteiger partial charge < -0.3 is 16.2 Å². The van der Waals surface area contributed by atoms with E-state index in [2.05, 4.69) is 51.6 Å². The van der Waals surface area contributed by atoms with Crippen LogP contribution >= 0.6 is 0 Å². The molecular weight excluding hydrogens is 472 g/mol. The Bertz CT molecular complexity index is 1260. The Morgan fingerprint density at radius 3 is 2.34 bits per heavy atom. The number of pyridine rings is 1. The number of amides is 1. The number of nitrogens with two attached hydrogens (primary N) is 1. The van der Waals surface area contributed by atoms with Crippen LogP contribution in [0.3, 0.4) is 0 Å². The van der Waals surface area contributed by atoms with Gasteiger partial charge in [0.1, 0.15) is 12.0 Å². The summed E-state index contributed by atoms with van der Waals surface area (Å²) < 4.78 is 0. The van der Waals surface area contributed by atoms with Gasteiger partial charge in [-0.15, -0.1) is 0 Å². The van der Waals surface area contributed by atoms with Crippen LogP contribution in [0.5, 0.6) is 0 Å². The maximum absolute atomic E-state index is 13.0. The lowest BCUT2D eigenvalue weighted by Gasteiger charge is -2.36. The Kier molecular flexibility index (Phi) is 7.04. The zero-order valence-corrected chi connectivity index (χ0v) is 22.0. The van der Waals surface area contributed by atoms with Crippen molar-refractivity contribution in [1.82, 2.24) is 9.88 Å². The van der Waals surface area contributed by atoms with Gasteiger partial charge in [0.05, 0.1) is 0 Å². The van der Waals surface area contributed by atoms with Gasteiger partial charge in [-0.2, -0.15) is 0 Å². The minimum Gasteiger partial charge on any atom is -0.378 e. The molecule has 6 heteroatoms. The smallest absolute Gasteiger partial charge is 0.225 e. The normalized spacial score (nSPS) is 24.7. The second-order valence-corrected chi connectivity index (χ2v) is 11.5. The molecule has 198 valence electrons. The molecule has 1 amide bonds. The van der Waals surface area contributed by atoms with E-state index in [1.54, 1.807) is 0 Å². The van der Waals surface area contributed by atoms with E-state index in [4.69, 9.17) is 5.73 Å². The second-order valence-electron chi connectivity index (χ2n) is 11.5. The molecule has 3 fully saturated rings. The largest absolute Gasteiger partial charge is 0.378 e. The Hall–Kier alpha value is -3.06. The molecule has 6 nitrogen and oxygen atoms in total. The highest BCUT2D eigenvalue weighted by Gasteiger charge is 2.39. The number of rotatable bonds is 7. The number of hydrogen-bond acceptors (Lipinski definition) is 5. The molecule has 0 bridgehead atoms. The van der Waals surface area contributed by atoms with Crippen LogP contribution in [0.1, 0.15) is 63.4 Å². The summed E-state index contributed by atoms with van der Waals surface area (Å²) in [5.41, 5.74) is 11.7. The summed E-state index contributed by atoms with van der Waals surface area (Å²) in [6, 6.07) is 21.2. The van der Waals surface area contributed by atoms with Crippen molar-refractivity contribution in [2.75, 3.05) is 11.9 Å². The van der Waals surface area contributed by atoms with E-state index < -0.39 is 0 Å². The fraction of sp³-hybridized carbons (Fsp3) is 0.438. The first-order chi connectivity index (χ1) is 18.5. The monoisotopic (exact) mass is 510 g/mol. The van der Waals surface area contributed by atoms with Crippen LogP contribution < -0.4 is 11.1 Å². The molecule has 2 aliphatic carbocycles. The third-order valence-corrected chi connectivity index (χ3v) is 8.84. The molecule has 1 saturated heterocycles. The van der Waals surface area contributed by atoms with Crippen molar-refractivity contribution < 1.29 is 9.90 Å². The summed E-state index contributed by atoms with van der Waals surface area (Å²) >= 11 is 0. The third-order valence-electron chi connectivity index (χ3n) is 8.84. The van der Waals surface area contributed by atoms with Gasteiger partial charge in [0.15, 0.2) is 0 Å². The van der Waals surface area contributed by atoms with E-state index in [1.807, 2.05) is 30.5 Å². The molecule has 1 aromatic heterocycles. The van der Waals surface area contributed by atoms with Gasteiger partial charge in [-0.1, -0.05) is 54.6 Å². The highest BCUT2D eigenvalue weighted by Crippen LogP contribution is 2.43. The zero-order valence-electron chi connectivity index (χ0n) is 22.0. The van der Waals surface area contributed by atoms with Crippen LogP contribution in [0.25, 0.3) is 22.3 Å². The quantitative estimate of drug-likeness (QED) is 0.381. The fourth-order valence-corrected chi connectivity index (χ4v) is 6.35. The van der Waals surface area contributed by atoms with E-state index in [9.17, 15) is 9.90 Å². The number of carbonyl (C=O) groups is 1. The Morgan fingerprint density at radius 2 is 1.68 bits per heavy atom. The molecule has 2 aromatic carbocycles. The molecule has 6 rings (SSSR count). The van der Waals surface area contributed by atoms with E-state index >= 15 is 0 Å². The number of anilines is 1. The summed E-state index contributed by atoms with van der Waals surface area (Å²) in [5, 5.41) is 13.3. The molecule has 0 radical (unpaired) electrons. The molecule has 38 heavy (non-hydrogen) atoms. The van der Waals surface area contributed by atoms with Gasteiger partial charge in [0.25, 0.3) is 0 Å². The highest BCUT2D eigenvalue weighted by molar-refractivity contribution is 5.92. The molecule has 3 aromatic rings. The first kappa shape index (κ1) is 25.2.